The maximum atomic E-state index is 5.63. The van der Waals surface area contributed by atoms with E-state index in [9.17, 15) is 0 Å². The molecule has 0 amide bonds. The second kappa shape index (κ2) is 5.14. The lowest BCUT2D eigenvalue weighted by atomic mass is 10.0. The number of rotatable bonds is 4. The Labute approximate surface area is 91.2 Å². The Kier molecular flexibility index (Phi) is 4.12. The molecule has 0 bridgehead atoms. The largest absolute Gasteiger partial charge is 0.496 e. The number of hydrogen-bond acceptors (Lipinski definition) is 3. The third-order valence-corrected chi connectivity index (χ3v) is 2.73. The van der Waals surface area contributed by atoms with E-state index in [4.69, 9.17) is 15.2 Å². The van der Waals surface area contributed by atoms with Crippen LogP contribution in [0, 0.1) is 13.8 Å². The number of methoxy groups -OCH3 is 2. The molecule has 0 aromatic heterocycles. The van der Waals surface area contributed by atoms with Gasteiger partial charge >= 0.3 is 0 Å². The summed E-state index contributed by atoms with van der Waals surface area (Å²) in [6, 6.07) is 4.09. The number of ether oxygens (including phenoxy) is 2. The van der Waals surface area contributed by atoms with Gasteiger partial charge in [-0.25, -0.2) is 0 Å². The van der Waals surface area contributed by atoms with Crippen molar-refractivity contribution in [1.82, 2.24) is 0 Å². The lowest BCUT2D eigenvalue weighted by molar-refractivity contribution is 0.110. The van der Waals surface area contributed by atoms with Crippen LogP contribution in [-0.2, 0) is 4.74 Å². The molecule has 3 nitrogen and oxygen atoms in total. The van der Waals surface area contributed by atoms with E-state index in [-0.39, 0.29) is 6.10 Å². The fourth-order valence-corrected chi connectivity index (χ4v) is 1.62. The molecule has 0 radical (unpaired) electrons. The topological polar surface area (TPSA) is 44.5 Å². The van der Waals surface area contributed by atoms with Gasteiger partial charge in [-0.2, -0.15) is 0 Å². The second-order valence-electron chi connectivity index (χ2n) is 3.63. The van der Waals surface area contributed by atoms with Crippen LogP contribution in [0.2, 0.25) is 0 Å². The number of benzene rings is 1. The first kappa shape index (κ1) is 12.0. The number of hydrogen-bond donors (Lipinski definition) is 1. The van der Waals surface area contributed by atoms with Crippen molar-refractivity contribution in [3.63, 3.8) is 0 Å². The standard InChI is InChI=1S/C12H19NO2/c1-8-5-10(12(7-13)15-4)6-11(14-3)9(8)2/h5-6,12H,7,13H2,1-4H3. The van der Waals surface area contributed by atoms with Crippen LogP contribution in [-0.4, -0.2) is 20.8 Å². The van der Waals surface area contributed by atoms with Crippen LogP contribution in [0.25, 0.3) is 0 Å². The number of aryl methyl sites for hydroxylation is 1. The molecule has 0 heterocycles. The van der Waals surface area contributed by atoms with Crippen LogP contribution in [0.4, 0.5) is 0 Å². The molecule has 3 heteroatoms. The van der Waals surface area contributed by atoms with E-state index in [1.807, 2.05) is 13.0 Å². The summed E-state index contributed by atoms with van der Waals surface area (Å²) in [5.74, 6) is 0.889. The van der Waals surface area contributed by atoms with Gasteiger partial charge in [-0.05, 0) is 36.6 Å². The quantitative estimate of drug-likeness (QED) is 0.824. The first-order valence-corrected chi connectivity index (χ1v) is 5.02. The molecule has 0 fully saturated rings. The maximum Gasteiger partial charge on any atom is 0.122 e. The summed E-state index contributed by atoms with van der Waals surface area (Å²) in [4.78, 5) is 0. The lowest BCUT2D eigenvalue weighted by Crippen LogP contribution is -2.14. The van der Waals surface area contributed by atoms with E-state index < -0.39 is 0 Å². The molecule has 2 N–H and O–H groups in total. The summed E-state index contributed by atoms with van der Waals surface area (Å²) < 4.78 is 10.6. The SMILES string of the molecule is COc1cc(C(CN)OC)cc(C)c1C. The normalized spacial score (nSPS) is 12.6. The summed E-state index contributed by atoms with van der Waals surface area (Å²) in [6.45, 7) is 4.58. The molecule has 0 spiro atoms. The molecule has 1 aromatic rings. The van der Waals surface area contributed by atoms with Crippen molar-refractivity contribution in [2.75, 3.05) is 20.8 Å². The van der Waals surface area contributed by atoms with Gasteiger partial charge in [0.1, 0.15) is 5.75 Å². The second-order valence-corrected chi connectivity index (χ2v) is 3.63. The van der Waals surface area contributed by atoms with Crippen LogP contribution in [0.15, 0.2) is 12.1 Å². The smallest absolute Gasteiger partial charge is 0.122 e. The van der Waals surface area contributed by atoms with E-state index >= 15 is 0 Å². The van der Waals surface area contributed by atoms with Crippen LogP contribution in [0.1, 0.15) is 22.8 Å². The Morgan fingerprint density at radius 2 is 1.93 bits per heavy atom. The molecule has 0 aliphatic heterocycles. The Bertz CT molecular complexity index is 333. The van der Waals surface area contributed by atoms with E-state index in [2.05, 4.69) is 13.0 Å². The summed E-state index contributed by atoms with van der Waals surface area (Å²) >= 11 is 0. The molecule has 0 saturated carbocycles. The molecule has 1 unspecified atom stereocenters. The molecule has 0 saturated heterocycles. The maximum absolute atomic E-state index is 5.63. The fraction of sp³-hybridized carbons (Fsp3) is 0.500. The Morgan fingerprint density at radius 3 is 2.40 bits per heavy atom. The highest BCUT2D eigenvalue weighted by molar-refractivity contribution is 5.43. The number of nitrogens with two attached hydrogens (primary N) is 1. The van der Waals surface area contributed by atoms with E-state index in [1.165, 1.54) is 5.56 Å². The predicted octanol–water partition coefficient (Wildman–Crippen LogP) is 1.96. The molecular weight excluding hydrogens is 190 g/mol. The van der Waals surface area contributed by atoms with Crippen LogP contribution < -0.4 is 10.5 Å². The third kappa shape index (κ3) is 2.49. The summed E-state index contributed by atoms with van der Waals surface area (Å²) in [5, 5.41) is 0. The molecule has 1 rings (SSSR count). The Balaban J connectivity index is 3.15. The van der Waals surface area contributed by atoms with Gasteiger partial charge in [0, 0.05) is 13.7 Å². The van der Waals surface area contributed by atoms with Crippen LogP contribution >= 0.6 is 0 Å². The Hall–Kier alpha value is -1.06. The molecule has 0 aliphatic carbocycles. The minimum Gasteiger partial charge on any atom is -0.496 e. The van der Waals surface area contributed by atoms with E-state index in [0.29, 0.717) is 6.54 Å². The molecule has 84 valence electrons. The van der Waals surface area contributed by atoms with Crippen molar-refractivity contribution < 1.29 is 9.47 Å². The molecule has 0 aliphatic rings. The van der Waals surface area contributed by atoms with Crippen LogP contribution in [0.5, 0.6) is 5.75 Å². The van der Waals surface area contributed by atoms with Gasteiger partial charge < -0.3 is 15.2 Å². The minimum atomic E-state index is -0.0572. The zero-order valence-corrected chi connectivity index (χ0v) is 9.83. The van der Waals surface area contributed by atoms with Gasteiger partial charge in [0.2, 0.25) is 0 Å². The summed E-state index contributed by atoms with van der Waals surface area (Å²) in [6.07, 6.45) is -0.0572. The van der Waals surface area contributed by atoms with Gasteiger partial charge in [0.05, 0.1) is 13.2 Å². The van der Waals surface area contributed by atoms with E-state index in [0.717, 1.165) is 16.9 Å². The zero-order chi connectivity index (χ0) is 11.4. The zero-order valence-electron chi connectivity index (χ0n) is 9.83. The highest BCUT2D eigenvalue weighted by Crippen LogP contribution is 2.27. The summed E-state index contributed by atoms with van der Waals surface area (Å²) in [5.41, 5.74) is 9.05. The van der Waals surface area contributed by atoms with E-state index in [1.54, 1.807) is 14.2 Å². The lowest BCUT2D eigenvalue weighted by Gasteiger charge is -2.17. The predicted molar refractivity (Wildman–Crippen MR) is 61.3 cm³/mol. The van der Waals surface area contributed by atoms with Gasteiger partial charge in [0.25, 0.3) is 0 Å². The van der Waals surface area contributed by atoms with Gasteiger partial charge in [-0.1, -0.05) is 6.07 Å². The van der Waals surface area contributed by atoms with Crippen molar-refractivity contribution in [2.45, 2.75) is 20.0 Å². The average molecular weight is 209 g/mol. The molecule has 15 heavy (non-hydrogen) atoms. The summed E-state index contributed by atoms with van der Waals surface area (Å²) in [7, 11) is 3.34. The van der Waals surface area contributed by atoms with Crippen molar-refractivity contribution in [1.29, 1.82) is 0 Å². The van der Waals surface area contributed by atoms with Gasteiger partial charge in [-0.15, -0.1) is 0 Å². The minimum absolute atomic E-state index is 0.0572. The first-order chi connectivity index (χ1) is 7.13. The fourth-order valence-electron chi connectivity index (χ4n) is 1.62. The van der Waals surface area contributed by atoms with Crippen molar-refractivity contribution >= 4 is 0 Å². The Morgan fingerprint density at radius 1 is 1.27 bits per heavy atom. The third-order valence-electron chi connectivity index (χ3n) is 2.73. The van der Waals surface area contributed by atoms with Gasteiger partial charge in [-0.3, -0.25) is 0 Å². The molecule has 1 aromatic carbocycles. The van der Waals surface area contributed by atoms with Crippen molar-refractivity contribution in [3.05, 3.63) is 28.8 Å². The first-order valence-electron chi connectivity index (χ1n) is 5.02. The monoisotopic (exact) mass is 209 g/mol. The van der Waals surface area contributed by atoms with Crippen molar-refractivity contribution in [2.24, 2.45) is 5.73 Å². The van der Waals surface area contributed by atoms with Gasteiger partial charge in [0.15, 0.2) is 0 Å². The highest BCUT2D eigenvalue weighted by atomic mass is 16.5. The highest BCUT2D eigenvalue weighted by Gasteiger charge is 2.12. The van der Waals surface area contributed by atoms with Crippen LogP contribution in [0.3, 0.4) is 0 Å². The van der Waals surface area contributed by atoms with Crippen molar-refractivity contribution in [3.8, 4) is 5.75 Å². The average Bonchev–Trinajstić information content (AvgIpc) is 2.24. The molecule has 1 atom stereocenters. The molecular formula is C12H19NO2.